The lowest BCUT2D eigenvalue weighted by Gasteiger charge is -2.16. The number of rotatable bonds is 13. The zero-order valence-corrected chi connectivity index (χ0v) is 15.1. The first-order valence-electron chi connectivity index (χ1n) is 8.90. The van der Waals surface area contributed by atoms with Crippen LogP contribution in [0.15, 0.2) is 24.8 Å². The Balaban J connectivity index is 2.60. The molecule has 3 nitrogen and oxygen atoms in total. The standard InChI is InChI=1S/C20H33NO2/c1-5-8-9-10-11-13-21-16-17-14-18(12-6-2)20(23-7-3)19(15-17)22-4/h6,14-15,21H,2,5,7-13,16H2,1,3-4H3. The molecule has 0 heterocycles. The average Bonchev–Trinajstić information content (AvgIpc) is 2.56. The Bertz CT molecular complexity index is 457. The first-order valence-corrected chi connectivity index (χ1v) is 8.90. The summed E-state index contributed by atoms with van der Waals surface area (Å²) in [5.41, 5.74) is 2.37. The molecular weight excluding hydrogens is 286 g/mol. The first kappa shape index (κ1) is 19.6. The lowest BCUT2D eigenvalue weighted by molar-refractivity contribution is 0.308. The second kappa shape index (κ2) is 12.0. The molecule has 0 unspecified atom stereocenters. The third-order valence-corrected chi connectivity index (χ3v) is 3.85. The number of methoxy groups -OCH3 is 1. The smallest absolute Gasteiger partial charge is 0.164 e. The molecule has 0 aliphatic rings. The quantitative estimate of drug-likeness (QED) is 0.415. The Morgan fingerprint density at radius 2 is 1.91 bits per heavy atom. The summed E-state index contributed by atoms with van der Waals surface area (Å²) >= 11 is 0. The number of allylic oxidation sites excluding steroid dienone is 1. The van der Waals surface area contributed by atoms with Gasteiger partial charge >= 0.3 is 0 Å². The Morgan fingerprint density at radius 1 is 1.13 bits per heavy atom. The molecule has 0 amide bonds. The molecule has 0 saturated carbocycles. The summed E-state index contributed by atoms with van der Waals surface area (Å²) in [5, 5.41) is 3.53. The number of benzene rings is 1. The fourth-order valence-corrected chi connectivity index (χ4v) is 2.68. The third kappa shape index (κ3) is 7.08. The van der Waals surface area contributed by atoms with Gasteiger partial charge in [-0.25, -0.2) is 0 Å². The van der Waals surface area contributed by atoms with Crippen LogP contribution >= 0.6 is 0 Å². The molecular formula is C20H33NO2. The van der Waals surface area contributed by atoms with Crippen LogP contribution in [0.3, 0.4) is 0 Å². The molecule has 130 valence electrons. The van der Waals surface area contributed by atoms with Crippen LogP contribution in [0.1, 0.15) is 57.1 Å². The molecule has 0 spiro atoms. The topological polar surface area (TPSA) is 30.5 Å². The van der Waals surface area contributed by atoms with E-state index in [1.807, 2.05) is 13.0 Å². The van der Waals surface area contributed by atoms with Gasteiger partial charge < -0.3 is 14.8 Å². The van der Waals surface area contributed by atoms with Crippen LogP contribution < -0.4 is 14.8 Å². The van der Waals surface area contributed by atoms with Crippen molar-refractivity contribution in [3.63, 3.8) is 0 Å². The Hall–Kier alpha value is -1.48. The Labute approximate surface area is 142 Å². The van der Waals surface area contributed by atoms with Gasteiger partial charge in [0, 0.05) is 12.1 Å². The van der Waals surface area contributed by atoms with E-state index < -0.39 is 0 Å². The monoisotopic (exact) mass is 319 g/mol. The molecule has 0 fully saturated rings. The summed E-state index contributed by atoms with van der Waals surface area (Å²) in [5.74, 6) is 1.66. The van der Waals surface area contributed by atoms with Crippen molar-refractivity contribution in [3.8, 4) is 11.5 Å². The molecule has 0 atom stereocenters. The fourth-order valence-electron chi connectivity index (χ4n) is 2.68. The zero-order chi connectivity index (χ0) is 16.9. The lowest BCUT2D eigenvalue weighted by Crippen LogP contribution is -2.15. The number of unbranched alkanes of at least 4 members (excludes halogenated alkanes) is 4. The molecule has 23 heavy (non-hydrogen) atoms. The van der Waals surface area contributed by atoms with Gasteiger partial charge in [-0.2, -0.15) is 0 Å². The first-order chi connectivity index (χ1) is 11.3. The molecule has 1 aromatic rings. The maximum Gasteiger partial charge on any atom is 0.164 e. The van der Waals surface area contributed by atoms with E-state index in [9.17, 15) is 0 Å². The van der Waals surface area contributed by atoms with Crippen LogP contribution in [0.4, 0.5) is 0 Å². The summed E-state index contributed by atoms with van der Waals surface area (Å²) in [6, 6.07) is 4.26. The summed E-state index contributed by atoms with van der Waals surface area (Å²) in [4.78, 5) is 0. The van der Waals surface area contributed by atoms with Crippen molar-refractivity contribution in [3.05, 3.63) is 35.9 Å². The highest BCUT2D eigenvalue weighted by atomic mass is 16.5. The van der Waals surface area contributed by atoms with E-state index in [-0.39, 0.29) is 0 Å². The van der Waals surface area contributed by atoms with Crippen molar-refractivity contribution in [2.75, 3.05) is 20.3 Å². The van der Waals surface area contributed by atoms with Crippen LogP contribution in [0.25, 0.3) is 0 Å². The van der Waals surface area contributed by atoms with E-state index in [1.165, 1.54) is 37.7 Å². The van der Waals surface area contributed by atoms with Gasteiger partial charge in [0.15, 0.2) is 11.5 Å². The van der Waals surface area contributed by atoms with Crippen LogP contribution in [-0.2, 0) is 13.0 Å². The maximum absolute atomic E-state index is 5.75. The summed E-state index contributed by atoms with van der Waals surface area (Å²) in [6.45, 7) is 10.6. The van der Waals surface area contributed by atoms with Crippen LogP contribution in [0.2, 0.25) is 0 Å². The van der Waals surface area contributed by atoms with Crippen molar-refractivity contribution in [1.29, 1.82) is 0 Å². The fraction of sp³-hybridized carbons (Fsp3) is 0.600. The lowest BCUT2D eigenvalue weighted by atomic mass is 10.1. The molecule has 0 saturated heterocycles. The van der Waals surface area contributed by atoms with Gasteiger partial charge in [-0.1, -0.05) is 44.7 Å². The highest BCUT2D eigenvalue weighted by Crippen LogP contribution is 2.33. The van der Waals surface area contributed by atoms with E-state index in [1.54, 1.807) is 7.11 Å². The van der Waals surface area contributed by atoms with E-state index in [4.69, 9.17) is 9.47 Å². The molecule has 0 aliphatic heterocycles. The second-order valence-electron chi connectivity index (χ2n) is 5.80. The predicted molar refractivity (Wildman–Crippen MR) is 98.5 cm³/mol. The summed E-state index contributed by atoms with van der Waals surface area (Å²) in [6.07, 6.45) is 9.24. The minimum atomic E-state index is 0.635. The molecule has 0 bridgehead atoms. The van der Waals surface area contributed by atoms with E-state index in [2.05, 4.69) is 31.0 Å². The van der Waals surface area contributed by atoms with Gasteiger partial charge in [0.25, 0.3) is 0 Å². The second-order valence-corrected chi connectivity index (χ2v) is 5.80. The molecule has 1 aromatic carbocycles. The molecule has 0 aromatic heterocycles. The number of hydrogen-bond donors (Lipinski definition) is 1. The zero-order valence-electron chi connectivity index (χ0n) is 15.1. The van der Waals surface area contributed by atoms with E-state index >= 15 is 0 Å². The van der Waals surface area contributed by atoms with Crippen LogP contribution in [0, 0.1) is 0 Å². The number of ether oxygens (including phenoxy) is 2. The van der Waals surface area contributed by atoms with Crippen LogP contribution in [0.5, 0.6) is 11.5 Å². The molecule has 1 N–H and O–H groups in total. The van der Waals surface area contributed by atoms with Crippen molar-refractivity contribution in [1.82, 2.24) is 5.32 Å². The molecule has 0 aliphatic carbocycles. The van der Waals surface area contributed by atoms with Gasteiger partial charge in [-0.05, 0) is 37.9 Å². The SMILES string of the molecule is C=CCc1cc(CNCCCCCCC)cc(OC)c1OCC. The predicted octanol–water partition coefficient (Wildman–Crippen LogP) is 4.88. The van der Waals surface area contributed by atoms with Gasteiger partial charge in [-0.3, -0.25) is 0 Å². The van der Waals surface area contributed by atoms with Crippen molar-refractivity contribution in [2.45, 2.75) is 58.9 Å². The highest BCUT2D eigenvalue weighted by Gasteiger charge is 2.12. The van der Waals surface area contributed by atoms with Gasteiger partial charge in [0.05, 0.1) is 13.7 Å². The van der Waals surface area contributed by atoms with E-state index in [0.29, 0.717) is 6.61 Å². The van der Waals surface area contributed by atoms with Crippen molar-refractivity contribution in [2.24, 2.45) is 0 Å². The van der Waals surface area contributed by atoms with Gasteiger partial charge in [-0.15, -0.1) is 6.58 Å². The number of hydrogen-bond acceptors (Lipinski definition) is 3. The maximum atomic E-state index is 5.75. The average molecular weight is 319 g/mol. The van der Waals surface area contributed by atoms with E-state index in [0.717, 1.165) is 36.6 Å². The summed E-state index contributed by atoms with van der Waals surface area (Å²) < 4.78 is 11.3. The van der Waals surface area contributed by atoms with Crippen molar-refractivity contribution < 1.29 is 9.47 Å². The van der Waals surface area contributed by atoms with Crippen molar-refractivity contribution >= 4 is 0 Å². The Kier molecular flexibility index (Phi) is 10.2. The minimum Gasteiger partial charge on any atom is -0.493 e. The molecule has 0 radical (unpaired) electrons. The summed E-state index contributed by atoms with van der Waals surface area (Å²) in [7, 11) is 1.69. The van der Waals surface area contributed by atoms with Gasteiger partial charge in [0.2, 0.25) is 0 Å². The Morgan fingerprint density at radius 3 is 2.57 bits per heavy atom. The normalized spacial score (nSPS) is 10.6. The highest BCUT2D eigenvalue weighted by molar-refractivity contribution is 5.50. The third-order valence-electron chi connectivity index (χ3n) is 3.85. The molecule has 3 heteroatoms. The largest absolute Gasteiger partial charge is 0.493 e. The molecule has 1 rings (SSSR count). The number of nitrogens with one attached hydrogen (secondary N) is 1. The van der Waals surface area contributed by atoms with Gasteiger partial charge in [0.1, 0.15) is 0 Å². The van der Waals surface area contributed by atoms with Crippen LogP contribution in [-0.4, -0.2) is 20.3 Å². The minimum absolute atomic E-state index is 0.635.